The molecule has 0 aliphatic heterocycles. The second kappa shape index (κ2) is 5.91. The molecule has 1 aliphatic carbocycles. The highest BCUT2D eigenvalue weighted by molar-refractivity contribution is 5.67. The zero-order valence-electron chi connectivity index (χ0n) is 14.3. The highest BCUT2D eigenvalue weighted by atomic mass is 16.5. The number of hydrogen-bond donors (Lipinski definition) is 1. The summed E-state index contributed by atoms with van der Waals surface area (Å²) in [6.07, 6.45) is 4.06. The van der Waals surface area contributed by atoms with E-state index in [0.717, 1.165) is 28.2 Å². The number of aromatic nitrogens is 6. The van der Waals surface area contributed by atoms with E-state index in [0.29, 0.717) is 24.2 Å². The summed E-state index contributed by atoms with van der Waals surface area (Å²) in [5.41, 5.74) is 4.88. The molecule has 0 radical (unpaired) electrons. The Morgan fingerprint density at radius 3 is 2.81 bits per heavy atom. The lowest BCUT2D eigenvalue weighted by Crippen LogP contribution is -2.05. The van der Waals surface area contributed by atoms with Crippen molar-refractivity contribution in [1.29, 1.82) is 0 Å². The van der Waals surface area contributed by atoms with Gasteiger partial charge in [-0.15, -0.1) is 10.2 Å². The second-order valence-electron chi connectivity index (χ2n) is 6.54. The molecule has 26 heavy (non-hydrogen) atoms. The van der Waals surface area contributed by atoms with Gasteiger partial charge in [0.15, 0.2) is 0 Å². The van der Waals surface area contributed by atoms with Crippen molar-refractivity contribution in [3.8, 4) is 11.4 Å². The number of fused-ring (bicyclic) bond motifs is 1. The van der Waals surface area contributed by atoms with Gasteiger partial charge in [-0.2, -0.15) is 14.6 Å². The van der Waals surface area contributed by atoms with E-state index >= 15 is 0 Å². The van der Waals surface area contributed by atoms with E-state index in [2.05, 4.69) is 49.0 Å². The Hall–Kier alpha value is -3.29. The van der Waals surface area contributed by atoms with E-state index in [9.17, 15) is 0 Å². The predicted octanol–water partition coefficient (Wildman–Crippen LogP) is 2.97. The van der Waals surface area contributed by atoms with Crippen LogP contribution in [-0.4, -0.2) is 30.0 Å². The van der Waals surface area contributed by atoms with E-state index in [1.54, 1.807) is 17.8 Å². The van der Waals surface area contributed by atoms with Crippen molar-refractivity contribution in [3.63, 3.8) is 0 Å². The van der Waals surface area contributed by atoms with Gasteiger partial charge >= 0.3 is 0 Å². The molecule has 1 fully saturated rings. The summed E-state index contributed by atoms with van der Waals surface area (Å²) in [5, 5.41) is 20.1. The molecule has 4 aromatic rings. The van der Waals surface area contributed by atoms with E-state index in [1.165, 1.54) is 12.8 Å². The van der Waals surface area contributed by atoms with Crippen LogP contribution in [0.1, 0.15) is 35.9 Å². The van der Waals surface area contributed by atoms with Crippen LogP contribution in [-0.2, 0) is 6.54 Å². The molecule has 1 aromatic carbocycles. The quantitative estimate of drug-likeness (QED) is 0.593. The van der Waals surface area contributed by atoms with Gasteiger partial charge in [0, 0.05) is 24.9 Å². The van der Waals surface area contributed by atoms with Crippen LogP contribution in [0.15, 0.2) is 41.2 Å². The maximum atomic E-state index is 5.03. The zero-order chi connectivity index (χ0) is 17.5. The molecule has 0 spiro atoms. The monoisotopic (exact) mass is 347 g/mol. The fourth-order valence-corrected chi connectivity index (χ4v) is 2.94. The summed E-state index contributed by atoms with van der Waals surface area (Å²) in [4.78, 5) is 4.25. The SMILES string of the molecule is Cc1nc(-c2ccc(CNc3cc(C4CC4)nn4cnnc34)cc2)no1. The van der Waals surface area contributed by atoms with E-state index < -0.39 is 0 Å². The first-order valence-corrected chi connectivity index (χ1v) is 8.61. The van der Waals surface area contributed by atoms with Gasteiger partial charge in [-0.05, 0) is 24.5 Å². The largest absolute Gasteiger partial charge is 0.378 e. The lowest BCUT2D eigenvalue weighted by Gasteiger charge is -2.09. The van der Waals surface area contributed by atoms with Gasteiger partial charge in [0.05, 0.1) is 11.4 Å². The smallest absolute Gasteiger partial charge is 0.223 e. The third-order valence-corrected chi connectivity index (χ3v) is 4.51. The van der Waals surface area contributed by atoms with Gasteiger partial charge in [0.2, 0.25) is 17.4 Å². The molecule has 0 atom stereocenters. The number of anilines is 1. The van der Waals surface area contributed by atoms with Crippen LogP contribution in [0.4, 0.5) is 5.69 Å². The molecule has 8 nitrogen and oxygen atoms in total. The Morgan fingerprint density at radius 2 is 2.08 bits per heavy atom. The highest BCUT2D eigenvalue weighted by Crippen LogP contribution is 2.39. The normalized spacial score (nSPS) is 14.0. The highest BCUT2D eigenvalue weighted by Gasteiger charge is 2.26. The molecule has 0 bridgehead atoms. The Labute approximate surface area is 149 Å². The van der Waals surface area contributed by atoms with E-state index in [1.807, 2.05) is 12.1 Å². The number of aryl methyl sites for hydroxylation is 1. The van der Waals surface area contributed by atoms with Crippen molar-refractivity contribution < 1.29 is 4.52 Å². The van der Waals surface area contributed by atoms with Crippen LogP contribution >= 0.6 is 0 Å². The molecule has 1 N–H and O–H groups in total. The number of benzene rings is 1. The molecule has 0 saturated heterocycles. The molecule has 3 aromatic heterocycles. The van der Waals surface area contributed by atoms with Crippen LogP contribution in [0.5, 0.6) is 0 Å². The van der Waals surface area contributed by atoms with Crippen molar-refractivity contribution in [3.05, 3.63) is 53.8 Å². The van der Waals surface area contributed by atoms with Crippen molar-refractivity contribution in [1.82, 2.24) is 30.0 Å². The van der Waals surface area contributed by atoms with Crippen LogP contribution in [0.25, 0.3) is 17.0 Å². The lowest BCUT2D eigenvalue weighted by atomic mass is 10.1. The van der Waals surface area contributed by atoms with Gasteiger partial charge in [-0.25, -0.2) is 0 Å². The Kier molecular flexibility index (Phi) is 3.41. The predicted molar refractivity (Wildman–Crippen MR) is 94.6 cm³/mol. The number of nitrogens with zero attached hydrogens (tertiary/aromatic N) is 6. The zero-order valence-corrected chi connectivity index (χ0v) is 14.3. The summed E-state index contributed by atoms with van der Waals surface area (Å²) in [7, 11) is 0. The summed E-state index contributed by atoms with van der Waals surface area (Å²) < 4.78 is 6.78. The fraction of sp³-hybridized carbons (Fsp3) is 0.278. The topological polar surface area (TPSA) is 94.0 Å². The van der Waals surface area contributed by atoms with Crippen molar-refractivity contribution in [2.75, 3.05) is 5.32 Å². The standard InChI is InChI=1S/C18H17N7O/c1-11-21-17(24-26-11)14-4-2-12(3-5-14)9-19-16-8-15(13-6-7-13)23-25-10-20-22-18(16)25/h2-5,8,10,13,19H,6-7,9H2,1H3. The first-order valence-electron chi connectivity index (χ1n) is 8.61. The maximum absolute atomic E-state index is 5.03. The van der Waals surface area contributed by atoms with Gasteiger partial charge < -0.3 is 9.84 Å². The van der Waals surface area contributed by atoms with E-state index in [-0.39, 0.29) is 0 Å². The molecule has 0 unspecified atom stereocenters. The Bertz CT molecular complexity index is 1060. The van der Waals surface area contributed by atoms with Crippen molar-refractivity contribution in [2.24, 2.45) is 0 Å². The molecule has 3 heterocycles. The third-order valence-electron chi connectivity index (χ3n) is 4.51. The molecule has 0 amide bonds. The van der Waals surface area contributed by atoms with Crippen LogP contribution in [0, 0.1) is 6.92 Å². The molecule has 5 rings (SSSR count). The molecule has 8 heteroatoms. The van der Waals surface area contributed by atoms with Crippen LogP contribution in [0.3, 0.4) is 0 Å². The van der Waals surface area contributed by atoms with Gasteiger partial charge in [0.25, 0.3) is 0 Å². The summed E-state index contributed by atoms with van der Waals surface area (Å²) in [6, 6.07) is 10.2. The summed E-state index contributed by atoms with van der Waals surface area (Å²) in [5.74, 6) is 1.74. The van der Waals surface area contributed by atoms with Gasteiger partial charge in [-0.1, -0.05) is 29.4 Å². The maximum Gasteiger partial charge on any atom is 0.223 e. The fourth-order valence-electron chi connectivity index (χ4n) is 2.94. The van der Waals surface area contributed by atoms with Crippen molar-refractivity contribution >= 4 is 11.3 Å². The Balaban J connectivity index is 1.36. The molecular formula is C18H17N7O. The minimum absolute atomic E-state index is 0.562. The number of rotatable bonds is 5. The third kappa shape index (κ3) is 2.79. The second-order valence-corrected chi connectivity index (χ2v) is 6.54. The van der Waals surface area contributed by atoms with Gasteiger partial charge in [-0.3, -0.25) is 0 Å². The van der Waals surface area contributed by atoms with Gasteiger partial charge in [0.1, 0.15) is 6.33 Å². The van der Waals surface area contributed by atoms with E-state index in [4.69, 9.17) is 4.52 Å². The molecule has 1 aliphatic rings. The van der Waals surface area contributed by atoms with Crippen molar-refractivity contribution in [2.45, 2.75) is 32.2 Å². The first kappa shape index (κ1) is 15.0. The lowest BCUT2D eigenvalue weighted by molar-refractivity contribution is 0.394. The average Bonchev–Trinajstić information content (AvgIpc) is 3.25. The number of nitrogens with one attached hydrogen (secondary N) is 1. The summed E-state index contributed by atoms with van der Waals surface area (Å²) in [6.45, 7) is 2.47. The Morgan fingerprint density at radius 1 is 1.23 bits per heavy atom. The summed E-state index contributed by atoms with van der Waals surface area (Å²) >= 11 is 0. The minimum Gasteiger partial charge on any atom is -0.378 e. The molecule has 130 valence electrons. The minimum atomic E-state index is 0.562. The average molecular weight is 347 g/mol. The van der Waals surface area contributed by atoms with Crippen LogP contribution in [0.2, 0.25) is 0 Å². The molecule has 1 saturated carbocycles. The molecular weight excluding hydrogens is 330 g/mol. The van der Waals surface area contributed by atoms with Crippen LogP contribution < -0.4 is 5.32 Å². The number of hydrogen-bond acceptors (Lipinski definition) is 7. The first-order chi connectivity index (χ1) is 12.8.